The summed E-state index contributed by atoms with van der Waals surface area (Å²) in [6.07, 6.45) is 0. The average molecular weight is 414 g/mol. The third kappa shape index (κ3) is 4.19. The van der Waals surface area contributed by atoms with E-state index < -0.39 is 5.25 Å². The van der Waals surface area contributed by atoms with E-state index in [1.165, 1.54) is 23.9 Å². The van der Waals surface area contributed by atoms with Crippen molar-refractivity contribution in [1.82, 2.24) is 14.8 Å². The van der Waals surface area contributed by atoms with Crippen LogP contribution in [0.2, 0.25) is 0 Å². The molecule has 4 rings (SSSR count). The summed E-state index contributed by atoms with van der Waals surface area (Å²) < 4.78 is 25.9. The van der Waals surface area contributed by atoms with Gasteiger partial charge in [-0.2, -0.15) is 0 Å². The highest BCUT2D eigenvalue weighted by Crippen LogP contribution is 2.33. The van der Waals surface area contributed by atoms with Crippen LogP contribution in [0.15, 0.2) is 47.6 Å². The quantitative estimate of drug-likeness (QED) is 0.644. The molecule has 2 heterocycles. The van der Waals surface area contributed by atoms with Gasteiger partial charge < -0.3 is 19.4 Å². The average Bonchev–Trinajstić information content (AvgIpc) is 3.08. The number of nitrogens with one attached hydrogen (secondary N) is 1. The highest BCUT2D eigenvalue weighted by molar-refractivity contribution is 8.00. The van der Waals surface area contributed by atoms with Gasteiger partial charge in [-0.15, -0.1) is 10.2 Å². The number of thioether (sulfide) groups is 1. The largest absolute Gasteiger partial charge is 0.486 e. The standard InChI is InChI=1S/C20H19FN4O3S/c1-12(19(26)22-15-7-8-16-17(11-15)28-10-9-27-16)29-20-24-23-18(25(20)2)13-3-5-14(21)6-4-13/h3-8,11-12H,9-10H2,1-2H3,(H,22,26)/t12-/m0/s1. The van der Waals surface area contributed by atoms with Gasteiger partial charge in [0.25, 0.3) is 0 Å². The van der Waals surface area contributed by atoms with Crippen molar-refractivity contribution in [1.29, 1.82) is 0 Å². The SMILES string of the molecule is C[C@H](Sc1nnc(-c2ccc(F)cc2)n1C)C(=O)Nc1ccc2c(c1)OCCO2. The molecule has 0 spiro atoms. The second kappa shape index (κ2) is 8.12. The first-order chi connectivity index (χ1) is 14.0. The number of carbonyl (C=O) groups excluding carboxylic acids is 1. The molecule has 3 aromatic rings. The molecular formula is C20H19FN4O3S. The Hall–Kier alpha value is -3.07. The summed E-state index contributed by atoms with van der Waals surface area (Å²) in [4.78, 5) is 12.6. The van der Waals surface area contributed by atoms with Crippen LogP contribution in [0.4, 0.5) is 10.1 Å². The second-order valence-electron chi connectivity index (χ2n) is 6.48. The molecule has 150 valence electrons. The molecular weight excluding hydrogens is 395 g/mol. The smallest absolute Gasteiger partial charge is 0.237 e. The van der Waals surface area contributed by atoms with Crippen molar-refractivity contribution in [3.8, 4) is 22.9 Å². The third-order valence-corrected chi connectivity index (χ3v) is 5.53. The molecule has 1 aromatic heterocycles. The van der Waals surface area contributed by atoms with Crippen LogP contribution in [-0.2, 0) is 11.8 Å². The Balaban J connectivity index is 1.43. The molecule has 0 radical (unpaired) electrons. The van der Waals surface area contributed by atoms with Crippen molar-refractivity contribution in [2.75, 3.05) is 18.5 Å². The summed E-state index contributed by atoms with van der Waals surface area (Å²) in [6, 6.07) is 11.3. The summed E-state index contributed by atoms with van der Waals surface area (Å²) >= 11 is 1.29. The Bertz CT molecular complexity index is 1040. The highest BCUT2D eigenvalue weighted by atomic mass is 32.2. The zero-order valence-electron chi connectivity index (χ0n) is 15.9. The van der Waals surface area contributed by atoms with E-state index in [0.717, 1.165) is 5.56 Å². The third-order valence-electron chi connectivity index (χ3n) is 4.40. The number of fused-ring (bicyclic) bond motifs is 1. The molecule has 1 aliphatic heterocycles. The van der Waals surface area contributed by atoms with E-state index in [4.69, 9.17) is 9.47 Å². The topological polar surface area (TPSA) is 78.3 Å². The molecule has 7 nitrogen and oxygen atoms in total. The number of anilines is 1. The molecule has 0 bridgehead atoms. The molecule has 0 saturated carbocycles. The predicted octanol–water partition coefficient (Wildman–Crippen LogP) is 3.51. The van der Waals surface area contributed by atoms with E-state index in [1.807, 2.05) is 7.05 Å². The molecule has 1 aliphatic rings. The molecule has 1 N–H and O–H groups in total. The monoisotopic (exact) mass is 414 g/mol. The first kappa shape index (κ1) is 19.3. The van der Waals surface area contributed by atoms with E-state index in [1.54, 1.807) is 41.8 Å². The maximum atomic E-state index is 13.1. The predicted molar refractivity (Wildman–Crippen MR) is 108 cm³/mol. The zero-order chi connectivity index (χ0) is 20.4. The number of benzene rings is 2. The number of hydrogen-bond donors (Lipinski definition) is 1. The Kier molecular flexibility index (Phi) is 5.39. The minimum atomic E-state index is -0.410. The number of ether oxygens (including phenoxy) is 2. The van der Waals surface area contributed by atoms with Crippen molar-refractivity contribution < 1.29 is 18.7 Å². The second-order valence-corrected chi connectivity index (χ2v) is 7.79. The van der Waals surface area contributed by atoms with Crippen molar-refractivity contribution in [2.24, 2.45) is 7.05 Å². The van der Waals surface area contributed by atoms with Gasteiger partial charge in [0.2, 0.25) is 5.91 Å². The van der Waals surface area contributed by atoms with Crippen LogP contribution in [0.25, 0.3) is 11.4 Å². The minimum absolute atomic E-state index is 0.169. The number of halogens is 1. The van der Waals surface area contributed by atoms with E-state index in [2.05, 4.69) is 15.5 Å². The minimum Gasteiger partial charge on any atom is -0.486 e. The first-order valence-corrected chi connectivity index (χ1v) is 9.92. The summed E-state index contributed by atoms with van der Waals surface area (Å²) in [6.45, 7) is 2.80. The van der Waals surface area contributed by atoms with Crippen LogP contribution in [-0.4, -0.2) is 39.1 Å². The maximum Gasteiger partial charge on any atom is 0.237 e. The van der Waals surface area contributed by atoms with E-state index in [-0.39, 0.29) is 11.7 Å². The molecule has 0 saturated heterocycles. The normalized spacial score (nSPS) is 13.8. The van der Waals surface area contributed by atoms with Gasteiger partial charge in [-0.1, -0.05) is 11.8 Å². The lowest BCUT2D eigenvalue weighted by molar-refractivity contribution is -0.115. The molecule has 0 fully saturated rings. The van der Waals surface area contributed by atoms with Gasteiger partial charge in [-0.25, -0.2) is 4.39 Å². The number of nitrogens with zero attached hydrogens (tertiary/aromatic N) is 3. The fraction of sp³-hybridized carbons (Fsp3) is 0.250. The van der Waals surface area contributed by atoms with Gasteiger partial charge in [0.15, 0.2) is 22.5 Å². The number of aromatic nitrogens is 3. The fourth-order valence-electron chi connectivity index (χ4n) is 2.84. The van der Waals surface area contributed by atoms with Crippen LogP contribution in [0, 0.1) is 5.82 Å². The Morgan fingerprint density at radius 1 is 1.14 bits per heavy atom. The lowest BCUT2D eigenvalue weighted by Gasteiger charge is -2.19. The summed E-state index contributed by atoms with van der Waals surface area (Å²) in [5.41, 5.74) is 1.39. The van der Waals surface area contributed by atoms with Gasteiger partial charge in [0.05, 0.1) is 5.25 Å². The summed E-state index contributed by atoms with van der Waals surface area (Å²) in [5, 5.41) is 11.4. The van der Waals surface area contributed by atoms with Crippen molar-refractivity contribution in [3.63, 3.8) is 0 Å². The van der Waals surface area contributed by atoms with Gasteiger partial charge in [-0.05, 0) is 43.3 Å². The van der Waals surface area contributed by atoms with E-state index in [0.29, 0.717) is 41.4 Å². The van der Waals surface area contributed by atoms with Gasteiger partial charge in [0.1, 0.15) is 19.0 Å². The Labute approximate surface area is 171 Å². The van der Waals surface area contributed by atoms with Crippen LogP contribution >= 0.6 is 11.8 Å². The summed E-state index contributed by atoms with van der Waals surface area (Å²) in [7, 11) is 1.81. The zero-order valence-corrected chi connectivity index (χ0v) is 16.7. The number of rotatable bonds is 5. The lowest BCUT2D eigenvalue weighted by atomic mass is 10.2. The van der Waals surface area contributed by atoms with Gasteiger partial charge in [0, 0.05) is 24.4 Å². The van der Waals surface area contributed by atoms with Gasteiger partial charge >= 0.3 is 0 Å². The maximum absolute atomic E-state index is 13.1. The molecule has 0 aliphatic carbocycles. The molecule has 1 atom stereocenters. The molecule has 0 unspecified atom stereocenters. The summed E-state index contributed by atoms with van der Waals surface area (Å²) in [5.74, 6) is 1.41. The molecule has 2 aromatic carbocycles. The van der Waals surface area contributed by atoms with Crippen LogP contribution in [0.1, 0.15) is 6.92 Å². The van der Waals surface area contributed by atoms with Crippen molar-refractivity contribution in [3.05, 3.63) is 48.3 Å². The van der Waals surface area contributed by atoms with E-state index >= 15 is 0 Å². The van der Waals surface area contributed by atoms with Crippen LogP contribution in [0.5, 0.6) is 11.5 Å². The van der Waals surface area contributed by atoms with Crippen molar-refractivity contribution in [2.45, 2.75) is 17.3 Å². The van der Waals surface area contributed by atoms with Gasteiger partial charge in [-0.3, -0.25) is 4.79 Å². The fourth-order valence-corrected chi connectivity index (χ4v) is 3.66. The lowest BCUT2D eigenvalue weighted by Crippen LogP contribution is -2.23. The number of amides is 1. The Morgan fingerprint density at radius 2 is 1.86 bits per heavy atom. The Morgan fingerprint density at radius 3 is 2.62 bits per heavy atom. The van der Waals surface area contributed by atoms with Crippen molar-refractivity contribution >= 4 is 23.4 Å². The van der Waals surface area contributed by atoms with Crippen LogP contribution in [0.3, 0.4) is 0 Å². The number of carbonyl (C=O) groups is 1. The molecule has 9 heteroatoms. The molecule has 1 amide bonds. The highest BCUT2D eigenvalue weighted by Gasteiger charge is 2.20. The molecule has 29 heavy (non-hydrogen) atoms. The first-order valence-electron chi connectivity index (χ1n) is 9.04. The number of hydrogen-bond acceptors (Lipinski definition) is 6. The van der Waals surface area contributed by atoms with E-state index in [9.17, 15) is 9.18 Å². The van der Waals surface area contributed by atoms with Crippen LogP contribution < -0.4 is 14.8 Å².